The zero-order valence-electron chi connectivity index (χ0n) is 9.96. The molecular formula is C12H17F2NO2. The van der Waals surface area contributed by atoms with E-state index >= 15 is 0 Å². The second-order valence-corrected chi connectivity index (χ2v) is 3.80. The van der Waals surface area contributed by atoms with E-state index in [9.17, 15) is 8.78 Å². The Morgan fingerprint density at radius 3 is 2.59 bits per heavy atom. The highest BCUT2D eigenvalue weighted by Crippen LogP contribution is 2.24. The van der Waals surface area contributed by atoms with Crippen LogP contribution in [0.1, 0.15) is 13.3 Å². The predicted octanol–water partition coefficient (Wildman–Crippen LogP) is 2.40. The number of benzene rings is 1. The van der Waals surface area contributed by atoms with Crippen LogP contribution >= 0.6 is 0 Å². The minimum atomic E-state index is -0.617. The highest BCUT2D eigenvalue weighted by Gasteiger charge is 2.11. The summed E-state index contributed by atoms with van der Waals surface area (Å²) in [4.78, 5) is 0. The number of anilines is 1. The number of methoxy groups -OCH3 is 1. The smallest absolute Gasteiger partial charge is 0.167 e. The molecule has 96 valence electrons. The van der Waals surface area contributed by atoms with E-state index in [2.05, 4.69) is 10.1 Å². The topological polar surface area (TPSA) is 41.5 Å². The molecule has 1 rings (SSSR count). The first-order valence-electron chi connectivity index (χ1n) is 5.50. The van der Waals surface area contributed by atoms with Gasteiger partial charge in [0.25, 0.3) is 0 Å². The summed E-state index contributed by atoms with van der Waals surface area (Å²) >= 11 is 0. The van der Waals surface area contributed by atoms with Gasteiger partial charge in [-0.3, -0.25) is 0 Å². The molecule has 0 fully saturated rings. The Balaban J connectivity index is 2.75. The minimum Gasteiger partial charge on any atom is -0.494 e. The Morgan fingerprint density at radius 2 is 2.06 bits per heavy atom. The van der Waals surface area contributed by atoms with Crippen LogP contribution in [0.4, 0.5) is 14.5 Å². The third-order valence-electron chi connectivity index (χ3n) is 2.66. The fraction of sp³-hybridized carbons (Fsp3) is 0.500. The van der Waals surface area contributed by atoms with Crippen molar-refractivity contribution >= 4 is 5.69 Å². The Hall–Kier alpha value is -1.36. The fourth-order valence-corrected chi connectivity index (χ4v) is 1.41. The van der Waals surface area contributed by atoms with E-state index in [0.29, 0.717) is 6.54 Å². The van der Waals surface area contributed by atoms with Gasteiger partial charge in [-0.25, -0.2) is 8.78 Å². The molecule has 0 bridgehead atoms. The van der Waals surface area contributed by atoms with Crippen molar-refractivity contribution in [3.63, 3.8) is 0 Å². The average molecular weight is 245 g/mol. The van der Waals surface area contributed by atoms with Crippen molar-refractivity contribution in [2.24, 2.45) is 5.92 Å². The van der Waals surface area contributed by atoms with Gasteiger partial charge < -0.3 is 15.2 Å². The van der Waals surface area contributed by atoms with E-state index in [-0.39, 0.29) is 24.0 Å². The fourth-order valence-electron chi connectivity index (χ4n) is 1.41. The van der Waals surface area contributed by atoms with Crippen molar-refractivity contribution in [1.82, 2.24) is 0 Å². The third-order valence-corrected chi connectivity index (χ3v) is 2.66. The summed E-state index contributed by atoms with van der Waals surface area (Å²) in [6, 6.07) is 2.05. The molecule has 1 unspecified atom stereocenters. The number of aliphatic hydroxyl groups is 1. The van der Waals surface area contributed by atoms with E-state index in [0.717, 1.165) is 18.6 Å². The standard InChI is InChI=1S/C12H17F2NO2/c1-3-8(7-16)6-15-11-4-10(14)12(17-2)5-9(11)13/h4-5,8,15-16H,3,6-7H2,1-2H3. The third kappa shape index (κ3) is 3.56. The number of halogens is 2. The normalized spacial score (nSPS) is 12.3. The number of aliphatic hydroxyl groups excluding tert-OH is 1. The van der Waals surface area contributed by atoms with Gasteiger partial charge in [-0.2, -0.15) is 0 Å². The molecule has 1 aromatic carbocycles. The Morgan fingerprint density at radius 1 is 1.35 bits per heavy atom. The maximum Gasteiger partial charge on any atom is 0.167 e. The van der Waals surface area contributed by atoms with E-state index in [1.54, 1.807) is 0 Å². The van der Waals surface area contributed by atoms with Crippen LogP contribution in [0.25, 0.3) is 0 Å². The summed E-state index contributed by atoms with van der Waals surface area (Å²) in [6.07, 6.45) is 0.768. The van der Waals surface area contributed by atoms with Gasteiger partial charge in [-0.05, 0) is 12.3 Å². The van der Waals surface area contributed by atoms with E-state index < -0.39 is 11.6 Å². The molecule has 5 heteroatoms. The van der Waals surface area contributed by atoms with Gasteiger partial charge in [0.05, 0.1) is 12.8 Å². The van der Waals surface area contributed by atoms with E-state index in [4.69, 9.17) is 5.11 Å². The second-order valence-electron chi connectivity index (χ2n) is 3.80. The van der Waals surface area contributed by atoms with Crippen LogP contribution in [0, 0.1) is 17.6 Å². The maximum absolute atomic E-state index is 13.5. The zero-order chi connectivity index (χ0) is 12.8. The molecule has 0 aromatic heterocycles. The highest BCUT2D eigenvalue weighted by molar-refractivity contribution is 5.48. The van der Waals surface area contributed by atoms with Gasteiger partial charge in [0.15, 0.2) is 11.6 Å². The molecule has 0 saturated carbocycles. The Bertz CT molecular complexity index is 368. The van der Waals surface area contributed by atoms with Crippen LogP contribution in [-0.2, 0) is 0 Å². The quantitative estimate of drug-likeness (QED) is 0.808. The Labute approximate surface area is 99.4 Å². The molecule has 0 radical (unpaired) electrons. The van der Waals surface area contributed by atoms with Crippen molar-refractivity contribution in [3.05, 3.63) is 23.8 Å². The molecule has 0 heterocycles. The molecule has 0 aliphatic heterocycles. The van der Waals surface area contributed by atoms with Gasteiger partial charge in [0.1, 0.15) is 5.82 Å². The van der Waals surface area contributed by atoms with Crippen molar-refractivity contribution < 1.29 is 18.6 Å². The van der Waals surface area contributed by atoms with E-state index in [1.165, 1.54) is 7.11 Å². The van der Waals surface area contributed by atoms with Crippen LogP contribution in [-0.4, -0.2) is 25.4 Å². The molecule has 1 atom stereocenters. The summed E-state index contributed by atoms with van der Waals surface area (Å²) in [5.74, 6) is -1.29. The largest absolute Gasteiger partial charge is 0.494 e. The van der Waals surface area contributed by atoms with Gasteiger partial charge in [-0.15, -0.1) is 0 Å². The van der Waals surface area contributed by atoms with Crippen LogP contribution in [0.2, 0.25) is 0 Å². The predicted molar refractivity (Wildman–Crippen MR) is 62.3 cm³/mol. The molecule has 0 aliphatic carbocycles. The van der Waals surface area contributed by atoms with Gasteiger partial charge >= 0.3 is 0 Å². The number of hydrogen-bond acceptors (Lipinski definition) is 3. The van der Waals surface area contributed by atoms with Gasteiger partial charge in [-0.1, -0.05) is 6.92 Å². The summed E-state index contributed by atoms with van der Waals surface area (Å²) in [5.41, 5.74) is 0.0789. The molecule has 0 aliphatic rings. The maximum atomic E-state index is 13.5. The van der Waals surface area contributed by atoms with Crippen molar-refractivity contribution in [3.8, 4) is 5.75 Å². The molecular weight excluding hydrogens is 228 g/mol. The first kappa shape index (κ1) is 13.7. The van der Waals surface area contributed by atoms with Crippen molar-refractivity contribution in [2.45, 2.75) is 13.3 Å². The van der Waals surface area contributed by atoms with E-state index in [1.807, 2.05) is 6.92 Å². The van der Waals surface area contributed by atoms with Gasteiger partial charge in [0.2, 0.25) is 0 Å². The lowest BCUT2D eigenvalue weighted by Gasteiger charge is -2.14. The number of ether oxygens (including phenoxy) is 1. The second kappa shape index (κ2) is 6.39. The lowest BCUT2D eigenvalue weighted by molar-refractivity contribution is 0.230. The summed E-state index contributed by atoms with van der Waals surface area (Å²) in [7, 11) is 1.28. The monoisotopic (exact) mass is 245 g/mol. The summed E-state index contributed by atoms with van der Waals surface area (Å²) in [5, 5.41) is 11.8. The summed E-state index contributed by atoms with van der Waals surface area (Å²) < 4.78 is 31.5. The highest BCUT2D eigenvalue weighted by atomic mass is 19.1. The molecule has 17 heavy (non-hydrogen) atoms. The van der Waals surface area contributed by atoms with Crippen LogP contribution in [0.15, 0.2) is 12.1 Å². The SMILES string of the molecule is CCC(CO)CNc1cc(F)c(OC)cc1F. The molecule has 2 N–H and O–H groups in total. The molecule has 1 aromatic rings. The molecule has 0 amide bonds. The number of hydrogen-bond donors (Lipinski definition) is 2. The van der Waals surface area contributed by atoms with Gasteiger partial charge in [0, 0.05) is 25.3 Å². The first-order valence-corrected chi connectivity index (χ1v) is 5.50. The summed E-state index contributed by atoms with van der Waals surface area (Å²) in [6.45, 7) is 2.34. The lowest BCUT2D eigenvalue weighted by Crippen LogP contribution is -2.17. The molecule has 0 saturated heterocycles. The molecule has 0 spiro atoms. The van der Waals surface area contributed by atoms with Crippen LogP contribution in [0.5, 0.6) is 5.75 Å². The van der Waals surface area contributed by atoms with Crippen LogP contribution in [0.3, 0.4) is 0 Å². The van der Waals surface area contributed by atoms with Crippen LogP contribution < -0.4 is 10.1 Å². The first-order chi connectivity index (χ1) is 8.12. The lowest BCUT2D eigenvalue weighted by atomic mass is 10.1. The Kier molecular flexibility index (Phi) is 5.15. The molecule has 3 nitrogen and oxygen atoms in total. The van der Waals surface area contributed by atoms with Crippen molar-refractivity contribution in [1.29, 1.82) is 0 Å². The number of rotatable bonds is 6. The average Bonchev–Trinajstić information content (AvgIpc) is 2.34. The van der Waals surface area contributed by atoms with Crippen molar-refractivity contribution in [2.75, 3.05) is 25.6 Å². The zero-order valence-corrected chi connectivity index (χ0v) is 9.96. The minimum absolute atomic E-state index is 0.0176. The number of nitrogens with one attached hydrogen (secondary N) is 1.